The second kappa shape index (κ2) is 7.92. The summed E-state index contributed by atoms with van der Waals surface area (Å²) in [4.78, 5) is 12.8. The Morgan fingerprint density at radius 1 is 1.11 bits per heavy atom. The van der Waals surface area contributed by atoms with Gasteiger partial charge in [0.1, 0.15) is 22.0 Å². The van der Waals surface area contributed by atoms with Gasteiger partial charge in [-0.15, -0.1) is 10.2 Å². The molecule has 0 atom stereocenters. The minimum atomic E-state index is -0.327. The van der Waals surface area contributed by atoms with Crippen molar-refractivity contribution in [1.29, 1.82) is 0 Å². The van der Waals surface area contributed by atoms with Crippen LogP contribution in [-0.4, -0.2) is 21.3 Å². The van der Waals surface area contributed by atoms with Crippen LogP contribution >= 0.6 is 22.9 Å². The fourth-order valence-corrected chi connectivity index (χ4v) is 3.64. The van der Waals surface area contributed by atoms with Crippen molar-refractivity contribution < 1.29 is 9.32 Å². The van der Waals surface area contributed by atoms with Gasteiger partial charge in [-0.05, 0) is 24.6 Å². The van der Waals surface area contributed by atoms with Crippen LogP contribution in [0.15, 0.2) is 59.1 Å². The zero-order valence-electron chi connectivity index (χ0n) is 14.8. The molecule has 0 aliphatic carbocycles. The number of nitrogens with one attached hydrogen (secondary N) is 1. The van der Waals surface area contributed by atoms with Gasteiger partial charge in [-0.25, -0.2) is 0 Å². The Kier molecular flexibility index (Phi) is 5.18. The van der Waals surface area contributed by atoms with Gasteiger partial charge in [0, 0.05) is 17.0 Å². The molecule has 0 fully saturated rings. The summed E-state index contributed by atoms with van der Waals surface area (Å²) in [6.45, 7) is 1.71. The van der Waals surface area contributed by atoms with E-state index in [1.165, 1.54) is 11.3 Å². The molecule has 1 N–H and O–H groups in total. The quantitative estimate of drug-likeness (QED) is 0.500. The van der Waals surface area contributed by atoms with Crippen LogP contribution < -0.4 is 5.32 Å². The van der Waals surface area contributed by atoms with Gasteiger partial charge in [-0.3, -0.25) is 10.1 Å². The normalized spacial score (nSPS) is 10.8. The van der Waals surface area contributed by atoms with Gasteiger partial charge in [0.15, 0.2) is 0 Å². The van der Waals surface area contributed by atoms with Gasteiger partial charge < -0.3 is 4.52 Å². The molecule has 0 aliphatic heterocycles. The molecule has 1 amide bonds. The van der Waals surface area contributed by atoms with E-state index in [0.717, 1.165) is 16.1 Å². The number of hydrogen-bond donors (Lipinski definition) is 1. The van der Waals surface area contributed by atoms with E-state index in [4.69, 9.17) is 16.1 Å². The summed E-state index contributed by atoms with van der Waals surface area (Å²) in [6, 6.07) is 17.0. The molecule has 2 aromatic heterocycles. The zero-order valence-corrected chi connectivity index (χ0v) is 16.4. The van der Waals surface area contributed by atoms with Crippen LogP contribution in [0.1, 0.15) is 26.7 Å². The first kappa shape index (κ1) is 18.3. The molecule has 0 saturated heterocycles. The number of carbonyl (C=O) groups excluding carboxylic acids is 1. The van der Waals surface area contributed by atoms with E-state index in [-0.39, 0.29) is 5.91 Å². The minimum Gasteiger partial charge on any atom is -0.360 e. The van der Waals surface area contributed by atoms with Gasteiger partial charge in [0.05, 0.1) is 0 Å². The molecule has 8 heteroatoms. The molecule has 6 nitrogen and oxygen atoms in total. The summed E-state index contributed by atoms with van der Waals surface area (Å²) in [5, 5.41) is 17.0. The number of anilines is 1. The van der Waals surface area contributed by atoms with E-state index >= 15 is 0 Å². The molecule has 140 valence electrons. The van der Waals surface area contributed by atoms with Crippen molar-refractivity contribution >= 4 is 34.0 Å². The lowest BCUT2D eigenvalue weighted by molar-refractivity contribution is 0.102. The number of amides is 1. The molecule has 4 rings (SSSR count). The molecule has 0 saturated carbocycles. The van der Waals surface area contributed by atoms with Gasteiger partial charge >= 0.3 is 0 Å². The van der Waals surface area contributed by atoms with E-state index in [1.54, 1.807) is 6.92 Å². The first-order valence-corrected chi connectivity index (χ1v) is 9.69. The van der Waals surface area contributed by atoms with E-state index in [2.05, 4.69) is 20.7 Å². The molecule has 0 radical (unpaired) electrons. The largest absolute Gasteiger partial charge is 0.360 e. The Hall–Kier alpha value is -3.03. The lowest BCUT2D eigenvalue weighted by atomic mass is 10.1. The van der Waals surface area contributed by atoms with E-state index in [0.29, 0.717) is 33.6 Å². The number of aromatic nitrogens is 3. The Balaban J connectivity index is 1.51. The van der Waals surface area contributed by atoms with Crippen LogP contribution in [0.25, 0.3) is 11.3 Å². The predicted molar refractivity (Wildman–Crippen MR) is 109 cm³/mol. The lowest BCUT2D eigenvalue weighted by Gasteiger charge is -2.02. The van der Waals surface area contributed by atoms with Crippen LogP contribution in [0.2, 0.25) is 5.02 Å². The summed E-state index contributed by atoms with van der Waals surface area (Å²) in [7, 11) is 0. The minimum absolute atomic E-state index is 0.327. The van der Waals surface area contributed by atoms with E-state index in [1.807, 2.05) is 54.6 Å². The number of hydrogen-bond acceptors (Lipinski definition) is 6. The SMILES string of the molecule is Cc1onc(-c2ccccc2)c1C(=O)Nc1nnc(Cc2ccc(Cl)cc2)s1. The van der Waals surface area contributed by atoms with Crippen LogP contribution in [0, 0.1) is 6.92 Å². The van der Waals surface area contributed by atoms with Crippen molar-refractivity contribution in [3.05, 3.63) is 81.5 Å². The number of aryl methyl sites for hydroxylation is 1. The maximum absolute atomic E-state index is 12.8. The summed E-state index contributed by atoms with van der Waals surface area (Å²) in [5.41, 5.74) is 2.77. The summed E-state index contributed by atoms with van der Waals surface area (Å²) in [6.07, 6.45) is 0.617. The Morgan fingerprint density at radius 3 is 2.61 bits per heavy atom. The average molecular weight is 411 g/mol. The summed E-state index contributed by atoms with van der Waals surface area (Å²) in [5.74, 6) is 0.119. The standard InChI is InChI=1S/C20H15ClN4O2S/c1-12-17(18(25-27-12)14-5-3-2-4-6-14)19(26)22-20-24-23-16(28-20)11-13-7-9-15(21)10-8-13/h2-10H,11H2,1H3,(H,22,24,26). The van der Waals surface area contributed by atoms with Crippen molar-refractivity contribution in [2.45, 2.75) is 13.3 Å². The van der Waals surface area contributed by atoms with Crippen molar-refractivity contribution in [3.8, 4) is 11.3 Å². The van der Waals surface area contributed by atoms with Crippen molar-refractivity contribution in [1.82, 2.24) is 15.4 Å². The van der Waals surface area contributed by atoms with Crippen LogP contribution in [0.4, 0.5) is 5.13 Å². The van der Waals surface area contributed by atoms with Crippen LogP contribution in [0.5, 0.6) is 0 Å². The molecule has 0 bridgehead atoms. The molecular formula is C20H15ClN4O2S. The molecule has 4 aromatic rings. The second-order valence-corrected chi connectivity index (χ2v) is 7.59. The molecular weight excluding hydrogens is 396 g/mol. The molecule has 0 spiro atoms. The number of nitrogens with zero attached hydrogens (tertiary/aromatic N) is 3. The Labute approximate surface area is 170 Å². The lowest BCUT2D eigenvalue weighted by Crippen LogP contribution is -2.13. The van der Waals surface area contributed by atoms with Gasteiger partial charge in [0.2, 0.25) is 5.13 Å². The fourth-order valence-electron chi connectivity index (χ4n) is 2.74. The first-order valence-electron chi connectivity index (χ1n) is 8.50. The first-order chi connectivity index (χ1) is 13.6. The third-order valence-corrected chi connectivity index (χ3v) is 5.18. The number of carbonyl (C=O) groups is 1. The highest BCUT2D eigenvalue weighted by Crippen LogP contribution is 2.27. The van der Waals surface area contributed by atoms with E-state index < -0.39 is 0 Å². The van der Waals surface area contributed by atoms with Crippen molar-refractivity contribution in [2.75, 3.05) is 5.32 Å². The molecule has 2 aromatic carbocycles. The Bertz CT molecular complexity index is 1110. The highest BCUT2D eigenvalue weighted by Gasteiger charge is 2.22. The third-order valence-electron chi connectivity index (χ3n) is 4.09. The second-order valence-electron chi connectivity index (χ2n) is 6.09. The highest BCUT2D eigenvalue weighted by molar-refractivity contribution is 7.15. The zero-order chi connectivity index (χ0) is 19.5. The fraction of sp³-hybridized carbons (Fsp3) is 0.100. The van der Waals surface area contributed by atoms with E-state index in [9.17, 15) is 4.79 Å². The monoisotopic (exact) mass is 410 g/mol. The van der Waals surface area contributed by atoms with Gasteiger partial charge in [-0.2, -0.15) is 0 Å². The van der Waals surface area contributed by atoms with Crippen LogP contribution in [-0.2, 0) is 6.42 Å². The number of halogens is 1. The number of benzene rings is 2. The molecule has 2 heterocycles. The molecule has 28 heavy (non-hydrogen) atoms. The smallest absolute Gasteiger partial charge is 0.263 e. The highest BCUT2D eigenvalue weighted by atomic mass is 35.5. The summed E-state index contributed by atoms with van der Waals surface area (Å²) < 4.78 is 5.25. The van der Waals surface area contributed by atoms with Crippen LogP contribution in [0.3, 0.4) is 0 Å². The molecule has 0 unspecified atom stereocenters. The number of rotatable bonds is 5. The third kappa shape index (κ3) is 3.95. The Morgan fingerprint density at radius 2 is 1.86 bits per heavy atom. The summed E-state index contributed by atoms with van der Waals surface area (Å²) >= 11 is 7.24. The topological polar surface area (TPSA) is 80.9 Å². The molecule has 0 aliphatic rings. The predicted octanol–water partition coefficient (Wildman–Crippen LogP) is 5.00. The average Bonchev–Trinajstić information content (AvgIpc) is 3.30. The maximum Gasteiger partial charge on any atom is 0.263 e. The van der Waals surface area contributed by atoms with Gasteiger partial charge in [-0.1, -0.05) is 70.6 Å². The van der Waals surface area contributed by atoms with Gasteiger partial charge in [0.25, 0.3) is 5.91 Å². The van der Waals surface area contributed by atoms with Crippen molar-refractivity contribution in [3.63, 3.8) is 0 Å². The maximum atomic E-state index is 12.8. The van der Waals surface area contributed by atoms with Crippen molar-refractivity contribution in [2.24, 2.45) is 0 Å².